The van der Waals surface area contributed by atoms with Crippen LogP contribution in [0.5, 0.6) is 0 Å². The van der Waals surface area contributed by atoms with E-state index in [2.05, 4.69) is 42.4 Å². The topological polar surface area (TPSA) is 50.4 Å². The van der Waals surface area contributed by atoms with Gasteiger partial charge in [-0.05, 0) is 44.3 Å². The van der Waals surface area contributed by atoms with Crippen molar-refractivity contribution in [1.82, 2.24) is 5.32 Å². The van der Waals surface area contributed by atoms with Crippen LogP contribution in [0.2, 0.25) is 0 Å². The second kappa shape index (κ2) is 16.6. The number of unbranched alkanes of at least 4 members (excludes halogenated alkanes) is 2. The molecule has 0 heterocycles. The summed E-state index contributed by atoms with van der Waals surface area (Å²) < 4.78 is 0. The van der Waals surface area contributed by atoms with Gasteiger partial charge in [-0.25, -0.2) is 0 Å². The molecule has 0 atom stereocenters. The van der Waals surface area contributed by atoms with Crippen molar-refractivity contribution >= 4 is 5.84 Å². The third-order valence-corrected chi connectivity index (χ3v) is 4.96. The van der Waals surface area contributed by atoms with E-state index < -0.39 is 0 Å². The third-order valence-electron chi connectivity index (χ3n) is 4.96. The highest BCUT2D eigenvalue weighted by molar-refractivity contribution is 5.99. The molecule has 2 rings (SSSR count). The zero-order valence-corrected chi connectivity index (χ0v) is 17.6. The zero-order chi connectivity index (χ0) is 19.6. The van der Waals surface area contributed by atoms with Gasteiger partial charge >= 0.3 is 0 Å². The molecule has 0 saturated heterocycles. The molecular formula is C24H41N3. The molecule has 0 aliphatic heterocycles. The Morgan fingerprint density at radius 1 is 1.07 bits per heavy atom. The van der Waals surface area contributed by atoms with E-state index in [-0.39, 0.29) is 0 Å². The van der Waals surface area contributed by atoms with Gasteiger partial charge in [-0.2, -0.15) is 0 Å². The highest BCUT2D eigenvalue weighted by Crippen LogP contribution is 2.21. The lowest BCUT2D eigenvalue weighted by Gasteiger charge is -2.08. The molecule has 0 bridgehead atoms. The van der Waals surface area contributed by atoms with Crippen molar-refractivity contribution in [3.63, 3.8) is 0 Å². The second-order valence-electron chi connectivity index (χ2n) is 7.35. The van der Waals surface area contributed by atoms with Crippen LogP contribution in [0.4, 0.5) is 0 Å². The molecule has 3 nitrogen and oxygen atoms in total. The van der Waals surface area contributed by atoms with Crippen LogP contribution in [0.15, 0.2) is 47.6 Å². The van der Waals surface area contributed by atoms with Crippen LogP contribution in [0, 0.1) is 5.92 Å². The minimum absolute atomic E-state index is 0.854. The van der Waals surface area contributed by atoms with Crippen LogP contribution in [-0.4, -0.2) is 18.9 Å². The molecule has 1 fully saturated rings. The number of aliphatic imine (C=N–C) groups is 1. The number of amidine groups is 1. The molecular weight excluding hydrogens is 330 g/mol. The van der Waals surface area contributed by atoms with Crippen LogP contribution in [0.3, 0.4) is 0 Å². The summed E-state index contributed by atoms with van der Waals surface area (Å²) >= 11 is 0. The van der Waals surface area contributed by atoms with Crippen molar-refractivity contribution in [2.45, 2.75) is 78.1 Å². The Kier molecular flexibility index (Phi) is 14.4. The summed E-state index contributed by atoms with van der Waals surface area (Å²) in [6.45, 7) is 6.15. The van der Waals surface area contributed by atoms with Gasteiger partial charge < -0.3 is 11.1 Å². The first kappa shape index (κ1) is 23.4. The fourth-order valence-electron chi connectivity index (χ4n) is 3.22. The van der Waals surface area contributed by atoms with E-state index in [1.807, 2.05) is 24.4 Å². The van der Waals surface area contributed by atoms with Crippen molar-refractivity contribution in [2.75, 3.05) is 13.1 Å². The quantitative estimate of drug-likeness (QED) is 0.253. The molecule has 0 amide bonds. The SMILES string of the molecule is CC/C=C/NC(=NCCCCC)c1ccccc1.NCC1CCCCCC1. The Bertz CT molecular complexity index is 500. The smallest absolute Gasteiger partial charge is 0.132 e. The number of allylic oxidation sites excluding steroid dienone is 1. The Balaban J connectivity index is 0.000000337. The number of nitrogens with two attached hydrogens (primary N) is 1. The highest BCUT2D eigenvalue weighted by atomic mass is 15.0. The van der Waals surface area contributed by atoms with E-state index in [0.29, 0.717) is 0 Å². The Morgan fingerprint density at radius 3 is 2.37 bits per heavy atom. The summed E-state index contributed by atoms with van der Waals surface area (Å²) in [6, 6.07) is 10.3. The number of nitrogens with zero attached hydrogens (tertiary/aromatic N) is 1. The van der Waals surface area contributed by atoms with Gasteiger partial charge in [0.1, 0.15) is 5.84 Å². The molecule has 1 aliphatic rings. The summed E-state index contributed by atoms with van der Waals surface area (Å²) in [7, 11) is 0. The van der Waals surface area contributed by atoms with Gasteiger partial charge in [-0.15, -0.1) is 0 Å². The highest BCUT2D eigenvalue weighted by Gasteiger charge is 2.08. The van der Waals surface area contributed by atoms with E-state index in [1.165, 1.54) is 51.4 Å². The second-order valence-corrected chi connectivity index (χ2v) is 7.35. The monoisotopic (exact) mass is 371 g/mol. The Morgan fingerprint density at radius 2 is 1.78 bits per heavy atom. The van der Waals surface area contributed by atoms with Gasteiger partial charge in [0.2, 0.25) is 0 Å². The first-order chi connectivity index (χ1) is 13.3. The zero-order valence-electron chi connectivity index (χ0n) is 17.6. The van der Waals surface area contributed by atoms with Gasteiger partial charge in [0.05, 0.1) is 0 Å². The molecule has 1 saturated carbocycles. The van der Waals surface area contributed by atoms with Crippen LogP contribution in [-0.2, 0) is 0 Å². The van der Waals surface area contributed by atoms with Crippen LogP contribution in [0.1, 0.15) is 83.6 Å². The molecule has 3 heteroatoms. The average molecular weight is 372 g/mol. The first-order valence-corrected chi connectivity index (χ1v) is 11.0. The first-order valence-electron chi connectivity index (χ1n) is 11.0. The van der Waals surface area contributed by atoms with Gasteiger partial charge in [0.25, 0.3) is 0 Å². The van der Waals surface area contributed by atoms with E-state index in [9.17, 15) is 0 Å². The molecule has 1 aromatic rings. The summed E-state index contributed by atoms with van der Waals surface area (Å²) in [6.07, 6.45) is 17.2. The molecule has 27 heavy (non-hydrogen) atoms. The molecule has 3 N–H and O–H groups in total. The minimum atomic E-state index is 0.854. The van der Waals surface area contributed by atoms with E-state index >= 15 is 0 Å². The summed E-state index contributed by atoms with van der Waals surface area (Å²) in [5.41, 5.74) is 6.72. The molecule has 152 valence electrons. The maximum Gasteiger partial charge on any atom is 0.132 e. The Labute approximate surface area is 167 Å². The lowest BCUT2D eigenvalue weighted by atomic mass is 10.0. The van der Waals surface area contributed by atoms with Gasteiger partial charge in [-0.3, -0.25) is 4.99 Å². The average Bonchev–Trinajstić information content (AvgIpc) is 3.00. The predicted octanol–water partition coefficient (Wildman–Crippen LogP) is 6.05. The molecule has 0 spiro atoms. The number of rotatable bonds is 8. The maximum absolute atomic E-state index is 5.57. The summed E-state index contributed by atoms with van der Waals surface area (Å²) in [5, 5.41) is 3.28. The fourth-order valence-corrected chi connectivity index (χ4v) is 3.22. The van der Waals surface area contributed by atoms with Crippen molar-refractivity contribution in [2.24, 2.45) is 16.6 Å². The number of hydrogen-bond donors (Lipinski definition) is 2. The molecule has 0 aromatic heterocycles. The van der Waals surface area contributed by atoms with Gasteiger partial charge in [0.15, 0.2) is 0 Å². The minimum Gasteiger partial charge on any atom is -0.347 e. The van der Waals surface area contributed by atoms with Crippen molar-refractivity contribution in [3.8, 4) is 0 Å². The lowest BCUT2D eigenvalue weighted by molar-refractivity contribution is 0.471. The molecule has 1 aliphatic carbocycles. The van der Waals surface area contributed by atoms with E-state index in [0.717, 1.165) is 43.2 Å². The van der Waals surface area contributed by atoms with Crippen LogP contribution < -0.4 is 11.1 Å². The molecule has 0 unspecified atom stereocenters. The van der Waals surface area contributed by atoms with Crippen LogP contribution >= 0.6 is 0 Å². The number of hydrogen-bond acceptors (Lipinski definition) is 2. The van der Waals surface area contributed by atoms with Crippen molar-refractivity contribution in [3.05, 3.63) is 48.2 Å². The van der Waals surface area contributed by atoms with Gasteiger partial charge in [-0.1, -0.05) is 88.8 Å². The maximum atomic E-state index is 5.57. The molecule has 1 aromatic carbocycles. The lowest BCUT2D eigenvalue weighted by Crippen LogP contribution is -2.19. The normalized spacial score (nSPS) is 15.9. The van der Waals surface area contributed by atoms with E-state index in [4.69, 9.17) is 5.73 Å². The molecule has 0 radical (unpaired) electrons. The van der Waals surface area contributed by atoms with Crippen molar-refractivity contribution < 1.29 is 0 Å². The van der Waals surface area contributed by atoms with Crippen molar-refractivity contribution in [1.29, 1.82) is 0 Å². The van der Waals surface area contributed by atoms with Crippen LogP contribution in [0.25, 0.3) is 0 Å². The largest absolute Gasteiger partial charge is 0.347 e. The van der Waals surface area contributed by atoms with Gasteiger partial charge in [0, 0.05) is 12.1 Å². The number of nitrogens with one attached hydrogen (secondary N) is 1. The third kappa shape index (κ3) is 11.7. The Hall–Kier alpha value is -1.61. The standard InChI is InChI=1S/C16H24N2.C8H17N/c1-3-5-10-14-18-16(17-13-6-4-2)15-11-8-7-9-12-15;9-7-8-5-3-1-2-4-6-8/h6-9,11-13H,3-5,10,14H2,1-2H3,(H,17,18);8H,1-7,9H2/b13-6+;. The van der Waals surface area contributed by atoms with E-state index in [1.54, 1.807) is 0 Å². The fraction of sp³-hybridized carbons (Fsp3) is 0.625. The summed E-state index contributed by atoms with van der Waals surface area (Å²) in [5.74, 6) is 1.82. The number of benzene rings is 1. The predicted molar refractivity (Wildman–Crippen MR) is 120 cm³/mol. The summed E-state index contributed by atoms with van der Waals surface area (Å²) in [4.78, 5) is 4.66.